The number of nitrogens with zero attached hydrogens (tertiary/aromatic N) is 1. The lowest BCUT2D eigenvalue weighted by Crippen LogP contribution is -2.23. The van der Waals surface area contributed by atoms with Crippen molar-refractivity contribution in [1.29, 1.82) is 0 Å². The van der Waals surface area contributed by atoms with Crippen molar-refractivity contribution in [2.24, 2.45) is 5.92 Å². The highest BCUT2D eigenvalue weighted by molar-refractivity contribution is 5.26. The Morgan fingerprint density at radius 3 is 2.70 bits per heavy atom. The highest BCUT2D eigenvalue weighted by Gasteiger charge is 2.31. The molecular weight excluding hydrogens is 248 g/mol. The standard InChI is InChI=1S/C17H20N2O/c1-20-17-15(8-5-11-18-17)12-19-16(14-9-10-14)13-6-3-2-4-7-13/h2-8,11,14,16,19H,9-10,12H2,1H3. The molecule has 1 aromatic carbocycles. The van der Waals surface area contributed by atoms with Crippen LogP contribution >= 0.6 is 0 Å². The second kappa shape index (κ2) is 6.06. The number of hydrogen-bond donors (Lipinski definition) is 1. The molecule has 0 bridgehead atoms. The van der Waals surface area contributed by atoms with Crippen molar-refractivity contribution in [3.63, 3.8) is 0 Å². The maximum atomic E-state index is 5.31. The summed E-state index contributed by atoms with van der Waals surface area (Å²) in [5.74, 6) is 1.47. The molecule has 3 rings (SSSR count). The first-order valence-electron chi connectivity index (χ1n) is 7.14. The lowest BCUT2D eigenvalue weighted by molar-refractivity contribution is 0.386. The normalized spacial score (nSPS) is 15.8. The Hall–Kier alpha value is -1.87. The minimum absolute atomic E-state index is 0.432. The summed E-state index contributed by atoms with van der Waals surface area (Å²) < 4.78 is 5.31. The van der Waals surface area contributed by atoms with Crippen LogP contribution in [0.25, 0.3) is 0 Å². The molecule has 104 valence electrons. The van der Waals surface area contributed by atoms with Gasteiger partial charge in [-0.3, -0.25) is 0 Å². The Balaban J connectivity index is 1.72. The smallest absolute Gasteiger partial charge is 0.217 e. The SMILES string of the molecule is COc1ncccc1CNC(c1ccccc1)C1CC1. The fourth-order valence-corrected chi connectivity index (χ4v) is 2.61. The topological polar surface area (TPSA) is 34.1 Å². The molecule has 3 nitrogen and oxygen atoms in total. The van der Waals surface area contributed by atoms with E-state index in [0.717, 1.165) is 18.0 Å². The number of benzene rings is 1. The van der Waals surface area contributed by atoms with E-state index in [1.807, 2.05) is 6.07 Å². The van der Waals surface area contributed by atoms with Crippen LogP contribution in [0.1, 0.15) is 30.0 Å². The molecule has 1 unspecified atom stereocenters. The molecular formula is C17H20N2O. The summed E-state index contributed by atoms with van der Waals surface area (Å²) in [6.07, 6.45) is 4.39. The van der Waals surface area contributed by atoms with E-state index in [9.17, 15) is 0 Å². The monoisotopic (exact) mass is 268 g/mol. The van der Waals surface area contributed by atoms with E-state index < -0.39 is 0 Å². The Kier molecular flexibility index (Phi) is 3.97. The van der Waals surface area contributed by atoms with Gasteiger partial charge in [-0.2, -0.15) is 0 Å². The van der Waals surface area contributed by atoms with Crippen molar-refractivity contribution >= 4 is 0 Å². The van der Waals surface area contributed by atoms with Gasteiger partial charge in [0, 0.05) is 24.3 Å². The predicted molar refractivity (Wildman–Crippen MR) is 79.5 cm³/mol. The van der Waals surface area contributed by atoms with Crippen molar-refractivity contribution in [2.45, 2.75) is 25.4 Å². The third-order valence-corrected chi connectivity index (χ3v) is 3.81. The van der Waals surface area contributed by atoms with Gasteiger partial charge in [-0.25, -0.2) is 4.98 Å². The molecule has 3 heteroatoms. The molecule has 1 atom stereocenters. The molecule has 1 heterocycles. The van der Waals surface area contributed by atoms with Crippen LogP contribution in [-0.4, -0.2) is 12.1 Å². The van der Waals surface area contributed by atoms with Gasteiger partial charge in [-0.05, 0) is 30.4 Å². The summed E-state index contributed by atoms with van der Waals surface area (Å²) in [7, 11) is 1.67. The zero-order chi connectivity index (χ0) is 13.8. The Morgan fingerprint density at radius 2 is 2.00 bits per heavy atom. The van der Waals surface area contributed by atoms with Crippen molar-refractivity contribution in [3.05, 3.63) is 59.8 Å². The fraction of sp³-hybridized carbons (Fsp3) is 0.353. The first kappa shape index (κ1) is 13.1. The first-order chi connectivity index (χ1) is 9.88. The third kappa shape index (κ3) is 2.99. The van der Waals surface area contributed by atoms with Crippen LogP contribution in [0.4, 0.5) is 0 Å². The van der Waals surface area contributed by atoms with Gasteiger partial charge in [0.05, 0.1) is 7.11 Å². The number of ether oxygens (including phenoxy) is 1. The first-order valence-corrected chi connectivity index (χ1v) is 7.14. The van der Waals surface area contributed by atoms with Crippen LogP contribution < -0.4 is 10.1 Å². The highest BCUT2D eigenvalue weighted by Crippen LogP contribution is 2.41. The van der Waals surface area contributed by atoms with Crippen molar-refractivity contribution in [3.8, 4) is 5.88 Å². The highest BCUT2D eigenvalue weighted by atomic mass is 16.5. The lowest BCUT2D eigenvalue weighted by atomic mass is 10.0. The molecule has 0 spiro atoms. The number of nitrogens with one attached hydrogen (secondary N) is 1. The van der Waals surface area contributed by atoms with Gasteiger partial charge < -0.3 is 10.1 Å². The van der Waals surface area contributed by atoms with Gasteiger partial charge >= 0.3 is 0 Å². The second-order valence-corrected chi connectivity index (χ2v) is 5.28. The molecule has 0 saturated heterocycles. The van der Waals surface area contributed by atoms with Crippen LogP contribution in [0.3, 0.4) is 0 Å². The summed E-state index contributed by atoms with van der Waals surface area (Å²) in [4.78, 5) is 4.25. The molecule has 1 aliphatic carbocycles. The molecule has 1 aliphatic rings. The van der Waals surface area contributed by atoms with E-state index in [0.29, 0.717) is 11.9 Å². The number of hydrogen-bond acceptors (Lipinski definition) is 3. The average molecular weight is 268 g/mol. The van der Waals surface area contributed by atoms with Crippen LogP contribution in [0, 0.1) is 5.92 Å². The Morgan fingerprint density at radius 1 is 1.20 bits per heavy atom. The molecule has 2 aromatic rings. The molecule has 20 heavy (non-hydrogen) atoms. The van der Waals surface area contributed by atoms with Gasteiger partial charge in [-0.1, -0.05) is 36.4 Å². The zero-order valence-corrected chi connectivity index (χ0v) is 11.8. The predicted octanol–water partition coefficient (Wildman–Crippen LogP) is 3.33. The largest absolute Gasteiger partial charge is 0.481 e. The van der Waals surface area contributed by atoms with E-state index in [1.165, 1.54) is 18.4 Å². The zero-order valence-electron chi connectivity index (χ0n) is 11.8. The van der Waals surface area contributed by atoms with Gasteiger partial charge in [0.25, 0.3) is 0 Å². The van der Waals surface area contributed by atoms with Crippen LogP contribution in [-0.2, 0) is 6.54 Å². The molecule has 1 aromatic heterocycles. The lowest BCUT2D eigenvalue weighted by Gasteiger charge is -2.19. The summed E-state index contributed by atoms with van der Waals surface area (Å²) in [6.45, 7) is 0.785. The van der Waals surface area contributed by atoms with Gasteiger partial charge in [0.1, 0.15) is 0 Å². The fourth-order valence-electron chi connectivity index (χ4n) is 2.61. The van der Waals surface area contributed by atoms with Crippen molar-refractivity contribution < 1.29 is 4.74 Å². The molecule has 1 fully saturated rings. The summed E-state index contributed by atoms with van der Waals surface area (Å²) in [5.41, 5.74) is 2.48. The number of pyridine rings is 1. The Labute approximate surface area is 120 Å². The van der Waals surface area contributed by atoms with E-state index in [2.05, 4.69) is 46.7 Å². The van der Waals surface area contributed by atoms with E-state index in [4.69, 9.17) is 4.74 Å². The molecule has 1 saturated carbocycles. The third-order valence-electron chi connectivity index (χ3n) is 3.81. The minimum Gasteiger partial charge on any atom is -0.481 e. The second-order valence-electron chi connectivity index (χ2n) is 5.28. The van der Waals surface area contributed by atoms with E-state index in [-0.39, 0.29) is 0 Å². The minimum atomic E-state index is 0.432. The summed E-state index contributed by atoms with van der Waals surface area (Å²) >= 11 is 0. The van der Waals surface area contributed by atoms with Gasteiger partial charge in [-0.15, -0.1) is 0 Å². The van der Waals surface area contributed by atoms with Crippen molar-refractivity contribution in [2.75, 3.05) is 7.11 Å². The number of methoxy groups -OCH3 is 1. The maximum absolute atomic E-state index is 5.31. The molecule has 0 amide bonds. The maximum Gasteiger partial charge on any atom is 0.217 e. The van der Waals surface area contributed by atoms with Crippen LogP contribution in [0.2, 0.25) is 0 Å². The summed E-state index contributed by atoms with van der Waals surface area (Å²) in [6, 6.07) is 15.1. The Bertz CT molecular complexity index is 552. The van der Waals surface area contributed by atoms with E-state index >= 15 is 0 Å². The number of rotatable bonds is 6. The van der Waals surface area contributed by atoms with Crippen LogP contribution in [0.15, 0.2) is 48.7 Å². The average Bonchev–Trinajstić information content (AvgIpc) is 3.34. The molecule has 1 N–H and O–H groups in total. The van der Waals surface area contributed by atoms with Gasteiger partial charge in [0.15, 0.2) is 0 Å². The van der Waals surface area contributed by atoms with Crippen molar-refractivity contribution in [1.82, 2.24) is 10.3 Å². The quantitative estimate of drug-likeness (QED) is 0.872. The van der Waals surface area contributed by atoms with Gasteiger partial charge in [0.2, 0.25) is 5.88 Å². The molecule has 0 radical (unpaired) electrons. The van der Waals surface area contributed by atoms with Crippen LogP contribution in [0.5, 0.6) is 5.88 Å². The number of aromatic nitrogens is 1. The van der Waals surface area contributed by atoms with E-state index in [1.54, 1.807) is 13.3 Å². The summed E-state index contributed by atoms with van der Waals surface area (Å²) in [5, 5.41) is 3.67. The molecule has 0 aliphatic heterocycles.